The molecular weight excluding hydrogens is 845 g/mol. The zero-order valence-corrected chi connectivity index (χ0v) is 37.2. The van der Waals surface area contributed by atoms with Crippen LogP contribution in [0.15, 0.2) is 0 Å². The molecular formula is C41H64N8O11S2. The molecule has 0 spiro atoms. The van der Waals surface area contributed by atoms with Gasteiger partial charge in [-0.15, -0.1) is 11.8 Å². The molecule has 2 saturated carbocycles. The summed E-state index contributed by atoms with van der Waals surface area (Å²) in [6.45, 7) is 2.20. The maximum atomic E-state index is 13.4. The van der Waals surface area contributed by atoms with Crippen molar-refractivity contribution in [2.75, 3.05) is 57.9 Å². The van der Waals surface area contributed by atoms with Crippen LogP contribution in [0.4, 0.5) is 0 Å². The van der Waals surface area contributed by atoms with Crippen molar-refractivity contribution in [3.8, 4) is 0 Å². The SMILES string of the molecule is CS(=O)(=O)N1CCC(C(=O)NCC(=O)NC2NC(C3CCCC(C4CCNC(OCCNC(=O)CCCOC5CCCC6C(=O)N(C7CCC(=O)NC7=O)C(=O)C56)C4)C3)CS2)C1. The molecule has 346 valence electrons. The molecule has 0 radical (unpaired) electrons. The summed E-state index contributed by atoms with van der Waals surface area (Å²) in [4.78, 5) is 89.6. The minimum absolute atomic E-state index is 0.0801. The van der Waals surface area contributed by atoms with Gasteiger partial charge in [-0.05, 0) is 82.1 Å². The molecule has 5 heterocycles. The summed E-state index contributed by atoms with van der Waals surface area (Å²) in [5.41, 5.74) is -0.231. The van der Waals surface area contributed by atoms with E-state index in [2.05, 4.69) is 31.9 Å². The normalized spacial score (nSPS) is 34.5. The summed E-state index contributed by atoms with van der Waals surface area (Å²) in [6, 6.07) is -0.683. The third kappa shape index (κ3) is 11.7. The molecule has 5 aliphatic heterocycles. The quantitative estimate of drug-likeness (QED) is 0.0797. The lowest BCUT2D eigenvalue weighted by Gasteiger charge is -2.40. The van der Waals surface area contributed by atoms with E-state index >= 15 is 0 Å². The molecule has 0 bridgehead atoms. The number of hydrogen-bond donors (Lipinski definition) is 6. The van der Waals surface area contributed by atoms with Gasteiger partial charge in [-0.3, -0.25) is 54.4 Å². The van der Waals surface area contributed by atoms with Crippen LogP contribution in [0.3, 0.4) is 0 Å². The van der Waals surface area contributed by atoms with Crippen LogP contribution in [0.1, 0.15) is 89.9 Å². The van der Waals surface area contributed by atoms with Crippen molar-refractivity contribution in [3.63, 3.8) is 0 Å². The largest absolute Gasteiger partial charge is 0.377 e. The van der Waals surface area contributed by atoms with E-state index in [1.807, 2.05) is 0 Å². The summed E-state index contributed by atoms with van der Waals surface area (Å²) >= 11 is 1.67. The summed E-state index contributed by atoms with van der Waals surface area (Å²) in [5.74, 6) is -1.62. The topological polar surface area (TPSA) is 251 Å². The van der Waals surface area contributed by atoms with Gasteiger partial charge in [0.2, 0.25) is 51.4 Å². The lowest BCUT2D eigenvalue weighted by Crippen LogP contribution is -2.54. The first-order chi connectivity index (χ1) is 29.7. The molecule has 2 aliphatic carbocycles. The average Bonchev–Trinajstić information content (AvgIpc) is 4.00. The van der Waals surface area contributed by atoms with E-state index < -0.39 is 57.6 Å². The van der Waals surface area contributed by atoms with Crippen LogP contribution in [-0.4, -0.2) is 147 Å². The van der Waals surface area contributed by atoms with Crippen LogP contribution in [-0.2, 0) is 53.1 Å². The van der Waals surface area contributed by atoms with Crippen LogP contribution < -0.4 is 31.9 Å². The molecule has 7 amide bonds. The number of ether oxygens (including phenoxy) is 2. The van der Waals surface area contributed by atoms with Gasteiger partial charge in [0.15, 0.2) is 0 Å². The van der Waals surface area contributed by atoms with E-state index in [9.17, 15) is 42.0 Å². The average molecular weight is 909 g/mol. The fourth-order valence-electron chi connectivity index (χ4n) is 10.7. The van der Waals surface area contributed by atoms with Crippen LogP contribution in [0, 0.1) is 35.5 Å². The molecule has 62 heavy (non-hydrogen) atoms. The van der Waals surface area contributed by atoms with Crippen LogP contribution in [0.2, 0.25) is 0 Å². The Morgan fingerprint density at radius 3 is 2.45 bits per heavy atom. The van der Waals surface area contributed by atoms with Crippen molar-refractivity contribution < 1.29 is 51.5 Å². The smallest absolute Gasteiger partial charge is 0.249 e. The third-order valence-electron chi connectivity index (χ3n) is 14.0. The van der Waals surface area contributed by atoms with Gasteiger partial charge in [-0.1, -0.05) is 19.3 Å². The van der Waals surface area contributed by atoms with Gasteiger partial charge in [-0.2, -0.15) is 0 Å². The van der Waals surface area contributed by atoms with Gasteiger partial charge in [0.05, 0.1) is 43.3 Å². The number of fused-ring (bicyclic) bond motifs is 1. The Kier molecular flexibility index (Phi) is 16.0. The fraction of sp³-hybridized carbons (Fsp3) is 0.829. The monoisotopic (exact) mass is 908 g/mol. The Labute approximate surface area is 367 Å². The predicted octanol–water partition coefficient (Wildman–Crippen LogP) is -0.490. The maximum absolute atomic E-state index is 13.4. The van der Waals surface area contributed by atoms with Gasteiger partial charge in [-0.25, -0.2) is 12.7 Å². The van der Waals surface area contributed by atoms with Crippen molar-refractivity contribution >= 4 is 63.1 Å². The lowest BCUT2D eigenvalue weighted by molar-refractivity contribution is -0.152. The van der Waals surface area contributed by atoms with Gasteiger partial charge in [0, 0.05) is 50.9 Å². The Bertz CT molecular complexity index is 1810. The van der Waals surface area contributed by atoms with Gasteiger partial charge in [0.1, 0.15) is 17.8 Å². The molecule has 0 aromatic carbocycles. The van der Waals surface area contributed by atoms with Crippen molar-refractivity contribution in [3.05, 3.63) is 0 Å². The number of rotatable bonds is 17. The highest BCUT2D eigenvalue weighted by atomic mass is 32.2. The first kappa shape index (κ1) is 46.8. The van der Waals surface area contributed by atoms with E-state index in [0.29, 0.717) is 63.1 Å². The first-order valence-corrected chi connectivity index (χ1v) is 25.5. The van der Waals surface area contributed by atoms with E-state index in [1.165, 1.54) is 10.7 Å². The molecule has 5 saturated heterocycles. The molecule has 0 aromatic heterocycles. The number of nitrogens with one attached hydrogen (secondary N) is 6. The van der Waals surface area contributed by atoms with E-state index in [1.54, 1.807) is 11.8 Å². The van der Waals surface area contributed by atoms with Crippen molar-refractivity contribution in [2.45, 2.75) is 120 Å². The number of nitrogens with zero attached hydrogens (tertiary/aromatic N) is 2. The number of thioether (sulfide) groups is 1. The minimum atomic E-state index is -3.34. The molecule has 7 aliphatic rings. The van der Waals surface area contributed by atoms with E-state index in [4.69, 9.17) is 9.47 Å². The van der Waals surface area contributed by atoms with Gasteiger partial charge in [0.25, 0.3) is 0 Å². The van der Waals surface area contributed by atoms with E-state index in [-0.39, 0.29) is 80.4 Å². The zero-order valence-electron chi connectivity index (χ0n) is 35.6. The van der Waals surface area contributed by atoms with Gasteiger partial charge >= 0.3 is 0 Å². The lowest BCUT2D eigenvalue weighted by atomic mass is 9.70. The first-order valence-electron chi connectivity index (χ1n) is 22.6. The van der Waals surface area contributed by atoms with Crippen molar-refractivity contribution in [2.24, 2.45) is 35.5 Å². The molecule has 0 aromatic rings. The Balaban J connectivity index is 0.747. The summed E-state index contributed by atoms with van der Waals surface area (Å²) in [5, 5.41) is 17.9. The molecule has 21 heteroatoms. The predicted molar refractivity (Wildman–Crippen MR) is 226 cm³/mol. The summed E-state index contributed by atoms with van der Waals surface area (Å²) < 4.78 is 37.1. The number of likely N-dealkylation sites (tertiary alicyclic amines) is 1. The number of imide groups is 2. The van der Waals surface area contributed by atoms with Crippen LogP contribution >= 0.6 is 11.8 Å². The highest BCUT2D eigenvalue weighted by molar-refractivity contribution is 8.00. The van der Waals surface area contributed by atoms with Crippen molar-refractivity contribution in [1.29, 1.82) is 0 Å². The highest BCUT2D eigenvalue weighted by Crippen LogP contribution is 2.42. The number of piperidine rings is 2. The fourth-order valence-corrected chi connectivity index (χ4v) is 12.8. The molecule has 7 fully saturated rings. The number of carbonyl (C=O) groups is 7. The standard InChI is InChI=1S/C41H64N8O11S2/c1-62(57,58)48-16-13-27(22-48)37(53)44-21-34(52)47-41-45-29(23-61-41)26-6-2-5-24(19-26)25-12-14-43-35(20-25)60-18-15-42-32(50)9-4-17-59-31-8-3-7-28-36(31)40(56)49(39(28)55)30-10-11-33(51)46-38(30)54/h24-31,35-36,41,43,45H,2-23H2,1H3,(H,42,50)(H,44,53)(H,47,52)(H,46,51,54). The number of carbonyl (C=O) groups excluding carboxylic acids is 7. The second-order valence-corrected chi connectivity index (χ2v) is 21.2. The number of amides is 7. The molecule has 11 unspecified atom stereocenters. The number of hydrogen-bond acceptors (Lipinski definition) is 14. The Morgan fingerprint density at radius 1 is 0.871 bits per heavy atom. The second-order valence-electron chi connectivity index (χ2n) is 18.1. The molecule has 7 rings (SSSR count). The number of sulfonamides is 1. The second kappa shape index (κ2) is 21.2. The van der Waals surface area contributed by atoms with Crippen LogP contribution in [0.25, 0.3) is 0 Å². The third-order valence-corrected chi connectivity index (χ3v) is 16.4. The molecule has 6 N–H and O–H groups in total. The van der Waals surface area contributed by atoms with Crippen LogP contribution in [0.5, 0.6) is 0 Å². The summed E-state index contributed by atoms with van der Waals surface area (Å²) in [7, 11) is -3.34. The zero-order chi connectivity index (χ0) is 44.0. The minimum Gasteiger partial charge on any atom is -0.377 e. The Hall–Kier alpha value is -3.21. The Morgan fingerprint density at radius 2 is 1.66 bits per heavy atom. The highest BCUT2D eigenvalue weighted by Gasteiger charge is 2.56. The maximum Gasteiger partial charge on any atom is 0.249 e. The summed E-state index contributed by atoms with van der Waals surface area (Å²) in [6.07, 6.45) is 10.4. The van der Waals surface area contributed by atoms with Crippen molar-refractivity contribution in [1.82, 2.24) is 41.1 Å². The molecule has 11 atom stereocenters. The molecule has 19 nitrogen and oxygen atoms in total. The van der Waals surface area contributed by atoms with E-state index in [0.717, 1.165) is 62.0 Å². The van der Waals surface area contributed by atoms with Gasteiger partial charge < -0.3 is 25.4 Å².